The third-order valence-corrected chi connectivity index (χ3v) is 3.55. The zero-order valence-electron chi connectivity index (χ0n) is 9.13. The molecule has 86 valence electrons. The summed E-state index contributed by atoms with van der Waals surface area (Å²) in [5, 5.41) is 16.0. The molecular weight excluding hydrogens is 222 g/mol. The van der Waals surface area contributed by atoms with Crippen molar-refractivity contribution in [2.75, 3.05) is 5.73 Å². The van der Waals surface area contributed by atoms with Gasteiger partial charge in [0, 0.05) is 17.5 Å². The second-order valence-electron chi connectivity index (χ2n) is 3.74. The number of aliphatic hydroxyl groups is 1. The topological polar surface area (TPSA) is 64.1 Å². The van der Waals surface area contributed by atoms with Crippen LogP contribution in [-0.2, 0) is 13.5 Å². The molecule has 0 aromatic carbocycles. The number of nitrogens with two attached hydrogens (primary N) is 1. The predicted molar refractivity (Wildman–Crippen MR) is 65.2 cm³/mol. The van der Waals surface area contributed by atoms with Crippen molar-refractivity contribution < 1.29 is 5.11 Å². The number of rotatable bonds is 4. The fourth-order valence-corrected chi connectivity index (χ4v) is 2.33. The first-order valence-electron chi connectivity index (χ1n) is 5.16. The van der Waals surface area contributed by atoms with Gasteiger partial charge in [0.15, 0.2) is 0 Å². The number of nitrogen functional groups attached to an aromatic ring is 1. The van der Waals surface area contributed by atoms with Crippen molar-refractivity contribution in [3.8, 4) is 0 Å². The third kappa shape index (κ3) is 2.25. The van der Waals surface area contributed by atoms with E-state index in [4.69, 9.17) is 5.73 Å². The number of hydrogen-bond acceptors (Lipinski definition) is 4. The largest absolute Gasteiger partial charge is 0.388 e. The summed E-state index contributed by atoms with van der Waals surface area (Å²) >= 11 is 1.71. The Morgan fingerprint density at radius 2 is 2.44 bits per heavy atom. The monoisotopic (exact) mass is 237 g/mol. The number of aromatic nitrogens is 2. The van der Waals surface area contributed by atoms with Crippen molar-refractivity contribution in [1.29, 1.82) is 0 Å². The van der Waals surface area contributed by atoms with Gasteiger partial charge in [-0.15, -0.1) is 11.3 Å². The van der Waals surface area contributed by atoms with Crippen molar-refractivity contribution in [2.45, 2.75) is 18.9 Å². The maximum Gasteiger partial charge on any atom is 0.127 e. The van der Waals surface area contributed by atoms with Crippen LogP contribution in [0.4, 0.5) is 5.82 Å². The summed E-state index contributed by atoms with van der Waals surface area (Å²) in [6.45, 7) is 0. The lowest BCUT2D eigenvalue weighted by Crippen LogP contribution is -2.04. The van der Waals surface area contributed by atoms with Crippen molar-refractivity contribution in [1.82, 2.24) is 9.78 Å². The minimum absolute atomic E-state index is 0.532. The molecule has 16 heavy (non-hydrogen) atoms. The molecule has 5 heteroatoms. The average Bonchev–Trinajstić information content (AvgIpc) is 2.88. The van der Waals surface area contributed by atoms with Crippen LogP contribution in [0.25, 0.3) is 0 Å². The Morgan fingerprint density at radius 1 is 1.62 bits per heavy atom. The molecule has 0 aliphatic heterocycles. The van der Waals surface area contributed by atoms with Gasteiger partial charge in [-0.3, -0.25) is 4.68 Å². The van der Waals surface area contributed by atoms with Crippen LogP contribution >= 0.6 is 11.3 Å². The zero-order valence-corrected chi connectivity index (χ0v) is 9.94. The molecular formula is C11H15N3OS. The van der Waals surface area contributed by atoms with E-state index in [0.29, 0.717) is 12.2 Å². The number of anilines is 1. The van der Waals surface area contributed by atoms with Gasteiger partial charge >= 0.3 is 0 Å². The van der Waals surface area contributed by atoms with Crippen molar-refractivity contribution in [3.63, 3.8) is 0 Å². The Hall–Kier alpha value is -1.33. The van der Waals surface area contributed by atoms with Crippen LogP contribution in [0.15, 0.2) is 23.7 Å². The first-order chi connectivity index (χ1) is 7.68. The lowest BCUT2D eigenvalue weighted by molar-refractivity contribution is 0.169. The Balaban J connectivity index is 1.98. The minimum atomic E-state index is -0.532. The van der Waals surface area contributed by atoms with Gasteiger partial charge in [-0.2, -0.15) is 5.10 Å². The highest BCUT2D eigenvalue weighted by molar-refractivity contribution is 7.09. The van der Waals surface area contributed by atoms with Crippen molar-refractivity contribution in [2.24, 2.45) is 7.05 Å². The number of aliphatic hydroxyl groups excluding tert-OH is 1. The Bertz CT molecular complexity index is 450. The van der Waals surface area contributed by atoms with E-state index in [2.05, 4.69) is 11.2 Å². The van der Waals surface area contributed by atoms with E-state index in [1.54, 1.807) is 29.3 Å². The van der Waals surface area contributed by atoms with E-state index in [0.717, 1.165) is 12.0 Å². The number of thiophene rings is 1. The van der Waals surface area contributed by atoms with Crippen LogP contribution in [0.5, 0.6) is 0 Å². The summed E-state index contributed by atoms with van der Waals surface area (Å²) in [6, 6.07) is 4.09. The molecule has 0 aliphatic carbocycles. The van der Waals surface area contributed by atoms with Gasteiger partial charge in [-0.05, 0) is 24.3 Å². The smallest absolute Gasteiger partial charge is 0.127 e. The maximum absolute atomic E-state index is 9.98. The van der Waals surface area contributed by atoms with E-state index in [-0.39, 0.29) is 0 Å². The zero-order chi connectivity index (χ0) is 11.5. The first-order valence-corrected chi connectivity index (χ1v) is 6.04. The van der Waals surface area contributed by atoms with Gasteiger partial charge in [0.1, 0.15) is 5.82 Å². The first kappa shape index (κ1) is 11.2. The Morgan fingerprint density at radius 3 is 3.00 bits per heavy atom. The summed E-state index contributed by atoms with van der Waals surface area (Å²) in [4.78, 5) is 1.28. The average molecular weight is 237 g/mol. The van der Waals surface area contributed by atoms with Gasteiger partial charge in [-0.25, -0.2) is 0 Å². The number of aryl methyl sites for hydroxylation is 2. The molecule has 0 amide bonds. The molecule has 2 aromatic rings. The summed E-state index contributed by atoms with van der Waals surface area (Å²) in [7, 11) is 1.77. The normalized spacial score (nSPS) is 12.9. The fourth-order valence-electron chi connectivity index (χ4n) is 1.61. The molecule has 0 fully saturated rings. The van der Waals surface area contributed by atoms with E-state index in [1.165, 1.54) is 4.88 Å². The molecule has 2 heterocycles. The molecule has 2 aromatic heterocycles. The summed E-state index contributed by atoms with van der Waals surface area (Å²) in [5.74, 6) is 0.540. The summed E-state index contributed by atoms with van der Waals surface area (Å²) in [5.41, 5.74) is 6.52. The molecule has 0 saturated carbocycles. The molecule has 0 radical (unpaired) electrons. The minimum Gasteiger partial charge on any atom is -0.388 e. The lowest BCUT2D eigenvalue weighted by atomic mass is 10.1. The summed E-state index contributed by atoms with van der Waals surface area (Å²) < 4.78 is 1.57. The molecule has 0 saturated heterocycles. The highest BCUT2D eigenvalue weighted by atomic mass is 32.1. The third-order valence-electron chi connectivity index (χ3n) is 2.62. The SMILES string of the molecule is Cn1ncc(C(O)CCc2cccs2)c1N. The molecule has 0 spiro atoms. The van der Waals surface area contributed by atoms with Gasteiger partial charge in [0.25, 0.3) is 0 Å². The van der Waals surface area contributed by atoms with E-state index in [9.17, 15) is 5.11 Å². The molecule has 3 N–H and O–H groups in total. The molecule has 0 aliphatic rings. The van der Waals surface area contributed by atoms with Crippen LogP contribution < -0.4 is 5.73 Å². The molecule has 4 nitrogen and oxygen atoms in total. The van der Waals surface area contributed by atoms with Crippen LogP contribution in [0.3, 0.4) is 0 Å². The highest BCUT2D eigenvalue weighted by Gasteiger charge is 2.14. The summed E-state index contributed by atoms with van der Waals surface area (Å²) in [6.07, 6.45) is 2.65. The van der Waals surface area contributed by atoms with Gasteiger partial charge in [0.05, 0.1) is 12.3 Å². The molecule has 1 atom stereocenters. The van der Waals surface area contributed by atoms with Crippen LogP contribution in [0.2, 0.25) is 0 Å². The second kappa shape index (κ2) is 4.67. The van der Waals surface area contributed by atoms with Crippen LogP contribution in [0.1, 0.15) is 23.0 Å². The number of nitrogens with zero attached hydrogens (tertiary/aromatic N) is 2. The van der Waals surface area contributed by atoms with Crippen LogP contribution in [0, 0.1) is 0 Å². The Kier molecular flexibility index (Phi) is 3.26. The fraction of sp³-hybridized carbons (Fsp3) is 0.364. The van der Waals surface area contributed by atoms with Gasteiger partial charge in [0.2, 0.25) is 0 Å². The highest BCUT2D eigenvalue weighted by Crippen LogP contribution is 2.24. The van der Waals surface area contributed by atoms with Gasteiger partial charge < -0.3 is 10.8 Å². The van der Waals surface area contributed by atoms with Gasteiger partial charge in [-0.1, -0.05) is 6.07 Å². The Labute approximate surface area is 98.3 Å². The maximum atomic E-state index is 9.98. The van der Waals surface area contributed by atoms with E-state index < -0.39 is 6.10 Å². The van der Waals surface area contributed by atoms with E-state index >= 15 is 0 Å². The lowest BCUT2D eigenvalue weighted by Gasteiger charge is -2.08. The number of hydrogen-bond donors (Lipinski definition) is 2. The van der Waals surface area contributed by atoms with Crippen molar-refractivity contribution >= 4 is 17.2 Å². The molecule has 2 rings (SSSR count). The predicted octanol–water partition coefficient (Wildman–Crippen LogP) is 1.73. The van der Waals surface area contributed by atoms with Crippen molar-refractivity contribution in [3.05, 3.63) is 34.2 Å². The standard InChI is InChI=1S/C11H15N3OS/c1-14-11(12)9(7-13-14)10(15)5-4-8-3-2-6-16-8/h2-3,6-7,10,15H,4-5,12H2,1H3. The molecule has 1 unspecified atom stereocenters. The van der Waals surface area contributed by atoms with Crippen LogP contribution in [-0.4, -0.2) is 14.9 Å². The molecule has 0 bridgehead atoms. The van der Waals surface area contributed by atoms with E-state index in [1.807, 2.05) is 11.4 Å². The quantitative estimate of drug-likeness (QED) is 0.851. The second-order valence-corrected chi connectivity index (χ2v) is 4.77.